The Balaban J connectivity index is 2.13. The zero-order chi connectivity index (χ0) is 22.5. The number of ether oxygens (including phenoxy) is 2. The van der Waals surface area contributed by atoms with E-state index >= 15 is 0 Å². The van der Waals surface area contributed by atoms with Gasteiger partial charge in [0.15, 0.2) is 0 Å². The first-order valence-corrected chi connectivity index (χ1v) is 11.7. The lowest BCUT2D eigenvalue weighted by molar-refractivity contribution is 0.318. The summed E-state index contributed by atoms with van der Waals surface area (Å²) in [6, 6.07) is 6.85. The maximum Gasteiger partial charge on any atom is 0.298 e. The highest BCUT2D eigenvalue weighted by molar-refractivity contribution is 7.86. The Bertz CT molecular complexity index is 1120. The molecule has 0 bridgehead atoms. The van der Waals surface area contributed by atoms with Crippen LogP contribution in [-0.4, -0.2) is 45.4 Å². The quantitative estimate of drug-likeness (QED) is 0.145. The molecular formula is C16H20ClN3O8S2. The molecule has 0 aromatic heterocycles. The van der Waals surface area contributed by atoms with Crippen LogP contribution in [0.3, 0.4) is 0 Å². The van der Waals surface area contributed by atoms with E-state index in [1.807, 2.05) is 0 Å². The van der Waals surface area contributed by atoms with Crippen LogP contribution in [0.15, 0.2) is 35.2 Å². The minimum Gasteiger partial charge on any atom is -0.495 e. The van der Waals surface area contributed by atoms with Gasteiger partial charge in [0.25, 0.3) is 20.2 Å². The van der Waals surface area contributed by atoms with Gasteiger partial charge < -0.3 is 20.6 Å². The van der Waals surface area contributed by atoms with Crippen molar-refractivity contribution >= 4 is 48.9 Å². The molecule has 0 saturated heterocycles. The number of hydrogen-bond acceptors (Lipinski definition) is 9. The molecule has 0 spiro atoms. The van der Waals surface area contributed by atoms with E-state index in [9.17, 15) is 21.4 Å². The monoisotopic (exact) mass is 481 g/mol. The first-order chi connectivity index (χ1) is 13.9. The lowest BCUT2D eigenvalue weighted by atomic mass is 10.2. The molecule has 0 fully saturated rings. The average Bonchev–Trinajstić information content (AvgIpc) is 2.64. The van der Waals surface area contributed by atoms with Gasteiger partial charge in [0.05, 0.1) is 41.6 Å². The molecule has 2 aromatic carbocycles. The number of benzene rings is 2. The van der Waals surface area contributed by atoms with Gasteiger partial charge in [-0.3, -0.25) is 14.5 Å². The topological polar surface area (TPSA) is 177 Å². The molecule has 6 N–H and O–H groups in total. The molecule has 0 atom stereocenters. The summed E-state index contributed by atoms with van der Waals surface area (Å²) in [5, 5.41) is 0.216. The van der Waals surface area contributed by atoms with Gasteiger partial charge >= 0.3 is 0 Å². The Labute approximate surface area is 178 Å². The van der Waals surface area contributed by atoms with Crippen molar-refractivity contribution in [2.45, 2.75) is 11.3 Å². The van der Waals surface area contributed by atoms with Crippen LogP contribution in [-0.2, 0) is 20.2 Å². The number of nitrogen functional groups attached to an aromatic ring is 1. The third kappa shape index (κ3) is 6.81. The summed E-state index contributed by atoms with van der Waals surface area (Å²) in [6.07, 6.45) is 0.0478. The molecule has 0 aliphatic carbocycles. The van der Waals surface area contributed by atoms with Crippen molar-refractivity contribution in [2.75, 3.05) is 36.1 Å². The molecule has 166 valence electrons. The molecule has 0 amide bonds. The smallest absolute Gasteiger partial charge is 0.298 e. The molecule has 0 unspecified atom stereocenters. The van der Waals surface area contributed by atoms with Crippen molar-refractivity contribution in [3.05, 3.63) is 35.4 Å². The predicted octanol–water partition coefficient (Wildman–Crippen LogP) is 2.27. The fraction of sp³-hybridized carbons (Fsp3) is 0.250. The molecule has 0 heterocycles. The lowest BCUT2D eigenvalue weighted by Crippen LogP contribution is -2.12. The highest BCUT2D eigenvalue weighted by atomic mass is 35.5. The molecule has 0 aliphatic rings. The van der Waals surface area contributed by atoms with Crippen molar-refractivity contribution in [1.29, 1.82) is 0 Å². The van der Waals surface area contributed by atoms with E-state index in [2.05, 4.69) is 10.9 Å². The maximum atomic E-state index is 11.5. The molecule has 11 nitrogen and oxygen atoms in total. The number of rotatable bonds is 10. The average molecular weight is 482 g/mol. The van der Waals surface area contributed by atoms with Crippen LogP contribution in [0.5, 0.6) is 11.5 Å². The Hall–Kier alpha value is -2.45. The number of hydrogen-bond donors (Lipinski definition) is 5. The number of anilines is 3. The predicted molar refractivity (Wildman–Crippen MR) is 112 cm³/mol. The summed E-state index contributed by atoms with van der Waals surface area (Å²) in [7, 11) is -7.33. The molecule has 2 aromatic rings. The Morgan fingerprint density at radius 2 is 1.77 bits per heavy atom. The number of nitrogens with two attached hydrogens (primary N) is 1. The first kappa shape index (κ1) is 23.8. The van der Waals surface area contributed by atoms with Crippen molar-refractivity contribution in [3.8, 4) is 11.5 Å². The molecular weight excluding hydrogens is 462 g/mol. The molecule has 30 heavy (non-hydrogen) atoms. The summed E-state index contributed by atoms with van der Waals surface area (Å²) < 4.78 is 72.8. The van der Waals surface area contributed by atoms with E-state index < -0.39 is 30.9 Å². The van der Waals surface area contributed by atoms with E-state index in [1.165, 1.54) is 31.4 Å². The van der Waals surface area contributed by atoms with Crippen molar-refractivity contribution in [3.63, 3.8) is 0 Å². The Morgan fingerprint density at radius 3 is 2.37 bits per heavy atom. The van der Waals surface area contributed by atoms with E-state index in [4.69, 9.17) is 31.4 Å². The van der Waals surface area contributed by atoms with Crippen molar-refractivity contribution in [1.82, 2.24) is 0 Å². The fourth-order valence-electron chi connectivity index (χ4n) is 2.31. The molecule has 0 radical (unpaired) electrons. The summed E-state index contributed by atoms with van der Waals surface area (Å²) in [4.78, 5) is -0.428. The van der Waals surface area contributed by atoms with Crippen LogP contribution < -0.4 is 26.1 Å². The highest BCUT2D eigenvalue weighted by Gasteiger charge is 2.17. The number of nitrogens with one attached hydrogen (secondary N) is 2. The van der Waals surface area contributed by atoms with E-state index in [0.29, 0.717) is 5.69 Å². The third-order valence-electron chi connectivity index (χ3n) is 3.69. The van der Waals surface area contributed by atoms with E-state index in [1.54, 1.807) is 0 Å². The van der Waals surface area contributed by atoms with Gasteiger partial charge in [0.2, 0.25) is 0 Å². The van der Waals surface area contributed by atoms with Crippen LogP contribution in [0.4, 0.5) is 17.1 Å². The van der Waals surface area contributed by atoms with E-state index in [0.717, 1.165) is 6.07 Å². The zero-order valence-corrected chi connectivity index (χ0v) is 18.0. The number of methoxy groups -OCH3 is 1. The van der Waals surface area contributed by atoms with Gasteiger partial charge in [0.1, 0.15) is 16.4 Å². The SMILES string of the molecule is COc1ccc(NNc2cc(OCCCS(=O)(=O)O)c(N)cc2Cl)cc1S(=O)(=O)O. The molecule has 2 rings (SSSR count). The summed E-state index contributed by atoms with van der Waals surface area (Å²) >= 11 is 6.13. The zero-order valence-electron chi connectivity index (χ0n) is 15.6. The van der Waals surface area contributed by atoms with Crippen LogP contribution in [0, 0.1) is 0 Å². The second-order valence-electron chi connectivity index (χ2n) is 5.95. The highest BCUT2D eigenvalue weighted by Crippen LogP contribution is 2.33. The van der Waals surface area contributed by atoms with Crippen LogP contribution in [0.25, 0.3) is 0 Å². The normalized spacial score (nSPS) is 11.7. The molecule has 14 heteroatoms. The first-order valence-electron chi connectivity index (χ1n) is 8.25. The largest absolute Gasteiger partial charge is 0.495 e. The maximum absolute atomic E-state index is 11.5. The van der Waals surface area contributed by atoms with Crippen LogP contribution >= 0.6 is 11.6 Å². The lowest BCUT2D eigenvalue weighted by Gasteiger charge is -2.16. The van der Waals surface area contributed by atoms with E-state index in [-0.39, 0.29) is 40.9 Å². The minimum absolute atomic E-state index is 0.0192. The van der Waals surface area contributed by atoms with Gasteiger partial charge in [-0.05, 0) is 30.7 Å². The van der Waals surface area contributed by atoms with Gasteiger partial charge in [-0.2, -0.15) is 16.8 Å². The van der Waals surface area contributed by atoms with Crippen molar-refractivity contribution in [2.24, 2.45) is 0 Å². The Kier molecular flexibility index (Phi) is 7.60. The summed E-state index contributed by atoms with van der Waals surface area (Å²) in [6.45, 7) is -0.0192. The summed E-state index contributed by atoms with van der Waals surface area (Å²) in [5.41, 5.74) is 12.1. The number of halogens is 1. The minimum atomic E-state index is -4.51. The van der Waals surface area contributed by atoms with Gasteiger partial charge in [-0.1, -0.05) is 11.6 Å². The second kappa shape index (κ2) is 9.57. The number of hydrazine groups is 1. The van der Waals surface area contributed by atoms with Gasteiger partial charge in [-0.15, -0.1) is 0 Å². The fourth-order valence-corrected chi connectivity index (χ4v) is 3.69. The molecule has 0 saturated carbocycles. The van der Waals surface area contributed by atoms with Crippen LogP contribution in [0.1, 0.15) is 6.42 Å². The second-order valence-corrected chi connectivity index (χ2v) is 9.32. The summed E-state index contributed by atoms with van der Waals surface area (Å²) in [5.74, 6) is -0.276. The Morgan fingerprint density at radius 1 is 1.07 bits per heavy atom. The third-order valence-corrected chi connectivity index (χ3v) is 5.68. The standard InChI is InChI=1S/C16H20ClN3O8S2/c1-27-14-4-3-10(7-16(14)30(24,25)26)19-20-13-9-15(12(18)8-11(13)17)28-5-2-6-29(21,22)23/h3-4,7-9,19-20H,2,5-6,18H2,1H3,(H,21,22,23)(H,24,25,26). The molecule has 0 aliphatic heterocycles. The van der Waals surface area contributed by atoms with Gasteiger partial charge in [-0.25, -0.2) is 0 Å². The van der Waals surface area contributed by atoms with Gasteiger partial charge in [0, 0.05) is 6.07 Å². The van der Waals surface area contributed by atoms with Crippen LogP contribution in [0.2, 0.25) is 5.02 Å². The van der Waals surface area contributed by atoms with Crippen molar-refractivity contribution < 1.29 is 35.4 Å².